The molecule has 0 aliphatic heterocycles. The van der Waals surface area contributed by atoms with Crippen LogP contribution >= 0.6 is 0 Å². The van der Waals surface area contributed by atoms with E-state index in [-0.39, 0.29) is 5.71 Å². The lowest BCUT2D eigenvalue weighted by atomic mass is 10.5. The standard InChI is InChI=1S/C3H3N2O/c1-3(2-6)5-4/h1H3. The van der Waals surface area contributed by atoms with E-state index in [9.17, 15) is 4.79 Å². The van der Waals surface area contributed by atoms with Gasteiger partial charge in [0.1, 0.15) is 0 Å². The maximum absolute atomic E-state index is 9.32. The Kier molecular flexibility index (Phi) is 1.93. The van der Waals surface area contributed by atoms with Gasteiger partial charge in [0.25, 0.3) is 0 Å². The molecule has 3 nitrogen and oxygen atoms in total. The van der Waals surface area contributed by atoms with Crippen LogP contribution in [0.4, 0.5) is 0 Å². The molecule has 0 atom stereocenters. The van der Waals surface area contributed by atoms with E-state index in [4.69, 9.17) is 5.53 Å². The van der Waals surface area contributed by atoms with Gasteiger partial charge in [-0.25, -0.2) is 0 Å². The molecule has 0 aromatic heterocycles. The molecular weight excluding hydrogens is 80.0 g/mol. The molecule has 0 heterocycles. The average molecular weight is 83.1 g/mol. The average Bonchev–Trinajstić information content (AvgIpc) is 1.65. The Labute approximate surface area is 35.2 Å². The number of rotatable bonds is 1. The largest absolute Gasteiger partial charge is 0.361 e. The quantitative estimate of drug-likeness (QED) is 0.246. The summed E-state index contributed by atoms with van der Waals surface area (Å²) < 4.78 is 0. The molecule has 0 amide bonds. The van der Waals surface area contributed by atoms with Crippen molar-refractivity contribution in [1.82, 2.24) is 0 Å². The van der Waals surface area contributed by atoms with Gasteiger partial charge in [0.15, 0.2) is 0 Å². The summed E-state index contributed by atoms with van der Waals surface area (Å²) in [5.74, 6) is 0. The second kappa shape index (κ2) is 2.30. The highest BCUT2D eigenvalue weighted by Gasteiger charge is 1.90. The van der Waals surface area contributed by atoms with Gasteiger partial charge in [-0.2, -0.15) is 4.79 Å². The summed E-state index contributed by atoms with van der Waals surface area (Å²) in [4.78, 5) is 11.8. The van der Waals surface area contributed by atoms with Gasteiger partial charge in [-0.05, 0) is 0 Å². The van der Waals surface area contributed by atoms with E-state index < -0.39 is 0 Å². The second-order valence-electron chi connectivity index (χ2n) is 0.787. The Hall–Kier alpha value is -0.950. The Morgan fingerprint density at radius 2 is 2.50 bits per heavy atom. The fourth-order valence-corrected chi connectivity index (χ4v) is 0.0204. The monoisotopic (exact) mass is 83.0 g/mol. The Bertz CT molecular complexity index is 101. The predicted octanol–water partition coefficient (Wildman–Crippen LogP) is -0.213. The van der Waals surface area contributed by atoms with E-state index in [2.05, 4.69) is 4.79 Å². The number of carbonyl (C=O) groups excluding carboxylic acids is 1. The maximum atomic E-state index is 9.32. The van der Waals surface area contributed by atoms with Crippen molar-refractivity contribution in [3.8, 4) is 0 Å². The molecule has 0 saturated carbocycles. The lowest BCUT2D eigenvalue weighted by molar-refractivity contribution is -0.00241. The van der Waals surface area contributed by atoms with Crippen molar-refractivity contribution in [2.45, 2.75) is 6.92 Å². The third kappa shape index (κ3) is 1.38. The van der Waals surface area contributed by atoms with Crippen molar-refractivity contribution < 1.29 is 9.58 Å². The van der Waals surface area contributed by atoms with Gasteiger partial charge in [-0.3, -0.25) is 4.79 Å². The molecule has 0 spiro atoms. The molecule has 0 N–H and O–H groups in total. The summed E-state index contributed by atoms with van der Waals surface area (Å²) in [5, 5.41) is 0. The fraction of sp³-hybridized carbons (Fsp3) is 0.333. The van der Waals surface area contributed by atoms with Gasteiger partial charge < -0.3 is 5.53 Å². The molecule has 6 heavy (non-hydrogen) atoms. The van der Waals surface area contributed by atoms with E-state index >= 15 is 0 Å². The molecule has 3 heteroatoms. The van der Waals surface area contributed by atoms with Crippen molar-refractivity contribution in [1.29, 1.82) is 0 Å². The molecule has 0 saturated heterocycles. The topological polar surface area (TPSA) is 53.5 Å². The molecule has 0 fully saturated rings. The van der Waals surface area contributed by atoms with Crippen LogP contribution in [0.25, 0.3) is 5.53 Å². The van der Waals surface area contributed by atoms with Gasteiger partial charge in [-0.1, -0.05) is 0 Å². The zero-order valence-electron chi connectivity index (χ0n) is 3.30. The molecule has 0 rings (SSSR count). The van der Waals surface area contributed by atoms with Gasteiger partial charge >= 0.3 is 12.0 Å². The normalized spacial score (nSPS) is 6.17. The van der Waals surface area contributed by atoms with Crippen molar-refractivity contribution in [3.63, 3.8) is 0 Å². The SMILES string of the molecule is CC([C]=O)=[N+]=[N-]. The fourth-order valence-electron chi connectivity index (χ4n) is 0.0204. The van der Waals surface area contributed by atoms with Crippen LogP contribution in [0.15, 0.2) is 0 Å². The smallest absolute Gasteiger partial charge is 0.340 e. The van der Waals surface area contributed by atoms with Crippen LogP contribution in [0.3, 0.4) is 0 Å². The van der Waals surface area contributed by atoms with Gasteiger partial charge in [-0.15, -0.1) is 0 Å². The number of hydrogen-bond acceptors (Lipinski definition) is 1. The Balaban J connectivity index is 3.86. The highest BCUT2D eigenvalue weighted by Crippen LogP contribution is 1.50. The third-order valence-corrected chi connectivity index (χ3v) is 0.298. The molecule has 1 radical (unpaired) electrons. The van der Waals surface area contributed by atoms with Crippen LogP contribution < -0.4 is 0 Å². The lowest BCUT2D eigenvalue weighted by Crippen LogP contribution is -1.89. The third-order valence-electron chi connectivity index (χ3n) is 0.298. The van der Waals surface area contributed by atoms with E-state index in [1.54, 1.807) is 0 Å². The van der Waals surface area contributed by atoms with E-state index in [1.807, 2.05) is 0 Å². The molecule has 31 valence electrons. The molecule has 0 bridgehead atoms. The summed E-state index contributed by atoms with van der Waals surface area (Å²) in [7, 11) is 0. The van der Waals surface area contributed by atoms with E-state index in [0.29, 0.717) is 0 Å². The maximum Gasteiger partial charge on any atom is 0.340 e. The first-order valence-electron chi connectivity index (χ1n) is 1.38. The van der Waals surface area contributed by atoms with Crippen molar-refractivity contribution >= 4 is 12.0 Å². The molecule has 0 aromatic carbocycles. The number of nitrogens with zero attached hydrogens (tertiary/aromatic N) is 2. The first kappa shape index (κ1) is 5.05. The minimum absolute atomic E-state index is 0.0324. The predicted molar refractivity (Wildman–Crippen MR) is 20.0 cm³/mol. The van der Waals surface area contributed by atoms with Crippen molar-refractivity contribution in [2.75, 3.05) is 0 Å². The number of hydrogen-bond donors (Lipinski definition) is 0. The van der Waals surface area contributed by atoms with E-state index in [0.717, 1.165) is 0 Å². The van der Waals surface area contributed by atoms with Crippen LogP contribution in [0.1, 0.15) is 6.92 Å². The second-order valence-corrected chi connectivity index (χ2v) is 0.787. The Morgan fingerprint density at radius 1 is 2.00 bits per heavy atom. The van der Waals surface area contributed by atoms with Crippen LogP contribution in [0.2, 0.25) is 0 Å². The van der Waals surface area contributed by atoms with Gasteiger partial charge in [0.05, 0.1) is 0 Å². The summed E-state index contributed by atoms with van der Waals surface area (Å²) in [6.45, 7) is 1.35. The van der Waals surface area contributed by atoms with Crippen molar-refractivity contribution in [2.24, 2.45) is 0 Å². The minimum Gasteiger partial charge on any atom is -0.361 e. The van der Waals surface area contributed by atoms with E-state index in [1.165, 1.54) is 13.2 Å². The first-order valence-corrected chi connectivity index (χ1v) is 1.38. The summed E-state index contributed by atoms with van der Waals surface area (Å²) >= 11 is 0. The zero-order valence-corrected chi connectivity index (χ0v) is 3.30. The first-order chi connectivity index (χ1) is 2.81. The summed E-state index contributed by atoms with van der Waals surface area (Å²) in [6.07, 6.45) is 1.36. The molecule has 0 unspecified atom stereocenters. The molecule has 0 aliphatic rings. The highest BCUT2D eigenvalue weighted by molar-refractivity contribution is 6.24. The highest BCUT2D eigenvalue weighted by atomic mass is 16.1. The molecule has 0 aromatic rings. The van der Waals surface area contributed by atoms with Crippen LogP contribution in [-0.4, -0.2) is 16.8 Å². The van der Waals surface area contributed by atoms with Crippen LogP contribution in [0.5, 0.6) is 0 Å². The minimum atomic E-state index is -0.0324. The molecule has 0 aliphatic carbocycles. The summed E-state index contributed by atoms with van der Waals surface area (Å²) in [5.41, 5.74) is 7.63. The zero-order chi connectivity index (χ0) is 4.99. The van der Waals surface area contributed by atoms with Crippen LogP contribution in [-0.2, 0) is 4.79 Å². The van der Waals surface area contributed by atoms with Crippen LogP contribution in [0, 0.1) is 0 Å². The Morgan fingerprint density at radius 3 is 2.50 bits per heavy atom. The lowest BCUT2D eigenvalue weighted by Gasteiger charge is -1.53. The van der Waals surface area contributed by atoms with Gasteiger partial charge in [0.2, 0.25) is 0 Å². The van der Waals surface area contributed by atoms with Crippen molar-refractivity contribution in [3.05, 3.63) is 5.53 Å². The van der Waals surface area contributed by atoms with Gasteiger partial charge in [0, 0.05) is 6.92 Å². The molecular formula is C3H3N2O. The summed E-state index contributed by atoms with van der Waals surface area (Å²) in [6, 6.07) is 0.